The van der Waals surface area contributed by atoms with E-state index in [9.17, 15) is 19.8 Å². The van der Waals surface area contributed by atoms with Crippen LogP contribution < -0.4 is 69.3 Å². The molecule has 0 aliphatic heterocycles. The van der Waals surface area contributed by atoms with Crippen LogP contribution in [-0.2, 0) is 0 Å². The van der Waals surface area contributed by atoms with Crippen molar-refractivity contribution in [2.45, 2.75) is 0 Å². The number of carbonyl (C=O) groups is 2. The van der Waals surface area contributed by atoms with Crippen molar-refractivity contribution < 1.29 is 80.3 Å². The fourth-order valence-corrected chi connectivity index (χ4v) is 0.776. The van der Waals surface area contributed by atoms with Crippen LogP contribution in [0.15, 0.2) is 24.2 Å². The number of benzene rings is 1. The Morgan fingerprint density at radius 2 is 1.57 bits per heavy atom. The average Bonchev–Trinajstić information content (AvgIpc) is 2.02. The summed E-state index contributed by atoms with van der Waals surface area (Å²) < 4.78 is 7.12. The van der Waals surface area contributed by atoms with Crippen molar-refractivity contribution in [2.24, 2.45) is 0 Å². The quantitative estimate of drug-likeness (QED) is 0.455. The van der Waals surface area contributed by atoms with E-state index in [4.69, 9.17) is 1.37 Å². The molecule has 0 saturated heterocycles. The molecule has 4 nitrogen and oxygen atoms in total. The van der Waals surface area contributed by atoms with Gasteiger partial charge in [-0.2, -0.15) is 0 Å². The Labute approximate surface area is 126 Å². The first-order chi connectivity index (χ1) is 6.04. The second-order valence-corrected chi connectivity index (χ2v) is 2.03. The Balaban J connectivity index is 0. The number of aromatic carboxylic acids is 2. The molecule has 0 radical (unpaired) electrons. The third kappa shape index (κ3) is 4.13. The van der Waals surface area contributed by atoms with E-state index in [1.165, 1.54) is 6.07 Å². The summed E-state index contributed by atoms with van der Waals surface area (Å²) in [7, 11) is 0. The van der Waals surface area contributed by atoms with E-state index >= 15 is 0 Å². The molecule has 0 aromatic heterocycles. The summed E-state index contributed by atoms with van der Waals surface area (Å²) in [5, 5.41) is 20.8. The molecular formula is C8H4Na2O4. The molecule has 0 saturated carbocycles. The van der Waals surface area contributed by atoms with Gasteiger partial charge in [0.15, 0.2) is 0 Å². The predicted molar refractivity (Wildman–Crippen MR) is 35.1 cm³/mol. The van der Waals surface area contributed by atoms with Gasteiger partial charge in [0, 0.05) is 11.1 Å². The van der Waals surface area contributed by atoms with Gasteiger partial charge >= 0.3 is 59.1 Å². The summed E-state index contributed by atoms with van der Waals surface area (Å²) in [4.78, 5) is 20.8. The number of carbonyl (C=O) groups excluding carboxylic acids is 2. The zero-order chi connectivity index (χ0) is 10.0. The Hall–Kier alpha value is 0.160. The summed E-state index contributed by atoms with van der Waals surface area (Å²) in [5.74, 6) is -3.32. The Bertz CT molecular complexity index is 381. The van der Waals surface area contributed by atoms with E-state index in [1.807, 2.05) is 0 Å². The molecule has 62 valence electrons. The van der Waals surface area contributed by atoms with Crippen LogP contribution in [0.4, 0.5) is 0 Å². The predicted octanol–water partition coefficient (Wildman–Crippen LogP) is -7.58. The molecule has 0 unspecified atom stereocenters. The van der Waals surface area contributed by atoms with E-state index in [1.54, 1.807) is 0 Å². The number of hydrogen-bond donors (Lipinski definition) is 0. The maximum Gasteiger partial charge on any atom is 1.00 e. The molecule has 0 N–H and O–H groups in total. The third-order valence-corrected chi connectivity index (χ3v) is 1.28. The molecule has 0 spiro atoms. The van der Waals surface area contributed by atoms with Gasteiger partial charge in [0.1, 0.15) is 0 Å². The summed E-state index contributed by atoms with van der Waals surface area (Å²) in [6.45, 7) is 0. The molecule has 1 aromatic carbocycles. The van der Waals surface area contributed by atoms with Crippen LogP contribution in [0, 0.1) is 0 Å². The molecule has 0 fully saturated rings. The van der Waals surface area contributed by atoms with Crippen LogP contribution in [0.5, 0.6) is 0 Å². The van der Waals surface area contributed by atoms with Crippen molar-refractivity contribution in [1.29, 1.82) is 0 Å². The van der Waals surface area contributed by atoms with Gasteiger partial charge in [-0.15, -0.1) is 0 Å². The standard InChI is InChI=1S/C8H6O4.2Na/c9-7(10)5-3-1-2-4-6(5)8(11)12;;/h1-4H,(H,9,10)(H,11,12);;/q;2*+1/p-2/i3D;;. The van der Waals surface area contributed by atoms with E-state index in [2.05, 4.69) is 0 Å². The van der Waals surface area contributed by atoms with Crippen LogP contribution in [-0.4, -0.2) is 11.9 Å². The van der Waals surface area contributed by atoms with Gasteiger partial charge in [-0.3, -0.25) is 0 Å². The van der Waals surface area contributed by atoms with Crippen LogP contribution in [0.2, 0.25) is 0 Å². The van der Waals surface area contributed by atoms with Crippen molar-refractivity contribution in [3.05, 3.63) is 35.4 Å². The Kier molecular flexibility index (Phi) is 7.54. The SMILES string of the molecule is [2H]c1cccc(C(=O)[O-])c1C(=O)[O-].[Na+].[Na+]. The van der Waals surface area contributed by atoms with Crippen LogP contribution >= 0.6 is 0 Å². The Morgan fingerprint density at radius 3 is 1.93 bits per heavy atom. The van der Waals surface area contributed by atoms with Crippen LogP contribution in [0.3, 0.4) is 0 Å². The monoisotopic (exact) mass is 211 g/mol. The summed E-state index contributed by atoms with van der Waals surface area (Å²) in [6.07, 6.45) is 0. The molecule has 0 bridgehead atoms. The number of carboxylic acid groups (broad SMARTS) is 2. The van der Waals surface area contributed by atoms with Crippen LogP contribution in [0.25, 0.3) is 0 Å². The molecule has 0 amide bonds. The molecular weight excluding hydrogens is 206 g/mol. The molecule has 1 aromatic rings. The van der Waals surface area contributed by atoms with Crippen molar-refractivity contribution in [1.82, 2.24) is 0 Å². The van der Waals surface area contributed by atoms with Gasteiger partial charge < -0.3 is 19.8 Å². The van der Waals surface area contributed by atoms with Crippen molar-refractivity contribution >= 4 is 11.9 Å². The number of carboxylic acids is 2. The second kappa shape index (κ2) is 7.45. The van der Waals surface area contributed by atoms with E-state index in [-0.39, 0.29) is 59.1 Å². The van der Waals surface area contributed by atoms with Gasteiger partial charge in [-0.05, 0) is 0 Å². The molecule has 0 atom stereocenters. The van der Waals surface area contributed by atoms with Gasteiger partial charge in [0.05, 0.1) is 13.3 Å². The third-order valence-electron chi connectivity index (χ3n) is 1.28. The molecule has 6 heteroatoms. The van der Waals surface area contributed by atoms with E-state index < -0.39 is 29.1 Å². The van der Waals surface area contributed by atoms with Crippen molar-refractivity contribution in [2.75, 3.05) is 0 Å². The topological polar surface area (TPSA) is 80.3 Å². The van der Waals surface area contributed by atoms with Gasteiger partial charge in [-0.1, -0.05) is 24.2 Å². The van der Waals surface area contributed by atoms with Gasteiger partial charge in [0.25, 0.3) is 0 Å². The minimum absolute atomic E-state index is 0. The fraction of sp³-hybridized carbons (Fsp3) is 0. The minimum atomic E-state index is -1.69. The smallest absolute Gasteiger partial charge is 0.545 e. The molecule has 0 aliphatic carbocycles. The van der Waals surface area contributed by atoms with Gasteiger partial charge in [0.2, 0.25) is 0 Å². The number of rotatable bonds is 2. The average molecular weight is 211 g/mol. The first-order valence-electron chi connectivity index (χ1n) is 3.56. The van der Waals surface area contributed by atoms with E-state index in [0.29, 0.717) is 0 Å². The van der Waals surface area contributed by atoms with Crippen molar-refractivity contribution in [3.63, 3.8) is 0 Å². The zero-order valence-corrected chi connectivity index (χ0v) is 11.9. The van der Waals surface area contributed by atoms with Gasteiger partial charge in [-0.25, -0.2) is 0 Å². The molecule has 0 aliphatic rings. The summed E-state index contributed by atoms with van der Waals surface area (Å²) >= 11 is 0. The maximum atomic E-state index is 10.4. The number of hydrogen-bond acceptors (Lipinski definition) is 4. The normalized spacial score (nSPS) is 9.00. The fourth-order valence-electron chi connectivity index (χ4n) is 0.776. The summed E-state index contributed by atoms with van der Waals surface area (Å²) in [6, 6.07) is 3.08. The minimum Gasteiger partial charge on any atom is -0.545 e. The molecule has 0 heterocycles. The summed E-state index contributed by atoms with van der Waals surface area (Å²) in [5.41, 5.74) is -1.19. The largest absolute Gasteiger partial charge is 1.00 e. The second-order valence-electron chi connectivity index (χ2n) is 2.03. The Morgan fingerprint density at radius 1 is 1.07 bits per heavy atom. The molecule has 1 rings (SSSR count). The van der Waals surface area contributed by atoms with Crippen molar-refractivity contribution in [3.8, 4) is 0 Å². The first kappa shape index (κ1) is 14.2. The first-order valence-corrected chi connectivity index (χ1v) is 3.06. The van der Waals surface area contributed by atoms with Crippen LogP contribution in [0.1, 0.15) is 22.1 Å². The van der Waals surface area contributed by atoms with E-state index in [0.717, 1.165) is 12.1 Å². The molecule has 14 heavy (non-hydrogen) atoms. The maximum absolute atomic E-state index is 10.4. The zero-order valence-electron chi connectivity index (χ0n) is 8.87.